The molecule has 1 atom stereocenters. The normalized spacial score (nSPS) is 19.6. The zero-order valence-electron chi connectivity index (χ0n) is 16.6. The van der Waals surface area contributed by atoms with Crippen LogP contribution in [0, 0.1) is 5.41 Å². The predicted molar refractivity (Wildman–Crippen MR) is 124 cm³/mol. The molecule has 3 aromatic rings. The number of anilines is 2. The van der Waals surface area contributed by atoms with Crippen LogP contribution in [0.25, 0.3) is 0 Å². The van der Waals surface area contributed by atoms with Crippen LogP contribution >= 0.6 is 35.0 Å². The van der Waals surface area contributed by atoms with E-state index in [-0.39, 0.29) is 11.5 Å². The third kappa shape index (κ3) is 3.71. The molecule has 0 saturated carbocycles. The molecular weight excluding hydrogens is 453 g/mol. The van der Waals surface area contributed by atoms with Crippen molar-refractivity contribution in [3.8, 4) is 0 Å². The summed E-state index contributed by atoms with van der Waals surface area (Å²) in [6, 6.07) is 7.85. The predicted octanol–water partition coefficient (Wildman–Crippen LogP) is 4.15. The highest BCUT2D eigenvalue weighted by Gasteiger charge is 2.46. The Morgan fingerprint density at radius 3 is 2.61 bits per heavy atom. The van der Waals surface area contributed by atoms with E-state index in [1.807, 2.05) is 12.1 Å². The molecule has 1 spiro atoms. The first kappa shape index (κ1) is 20.8. The second-order valence-electron chi connectivity index (χ2n) is 8.02. The zero-order valence-corrected chi connectivity index (χ0v) is 19.0. The zero-order chi connectivity index (χ0) is 21.6. The molecule has 1 aliphatic heterocycles. The van der Waals surface area contributed by atoms with Crippen LogP contribution < -0.4 is 16.4 Å². The average molecular weight is 474 g/mol. The van der Waals surface area contributed by atoms with Crippen molar-refractivity contribution < 1.29 is 0 Å². The first-order valence-corrected chi connectivity index (χ1v) is 11.6. The summed E-state index contributed by atoms with van der Waals surface area (Å²) in [7, 11) is 0. The maximum absolute atomic E-state index is 6.68. The average Bonchev–Trinajstić information content (AvgIpc) is 3.06. The van der Waals surface area contributed by atoms with Crippen molar-refractivity contribution >= 4 is 46.7 Å². The van der Waals surface area contributed by atoms with Crippen molar-refractivity contribution in [1.29, 1.82) is 0 Å². The molecule has 160 valence electrons. The lowest BCUT2D eigenvalue weighted by Gasteiger charge is -2.42. The number of halogens is 2. The minimum atomic E-state index is 0.0127. The van der Waals surface area contributed by atoms with Crippen molar-refractivity contribution in [1.82, 2.24) is 20.2 Å². The molecule has 1 aromatic carbocycles. The van der Waals surface area contributed by atoms with E-state index in [2.05, 4.69) is 31.1 Å². The highest BCUT2D eigenvalue weighted by molar-refractivity contribution is 7.99. The minimum Gasteiger partial charge on any atom is -0.382 e. The van der Waals surface area contributed by atoms with E-state index < -0.39 is 0 Å². The van der Waals surface area contributed by atoms with Gasteiger partial charge in [-0.2, -0.15) is 0 Å². The third-order valence-electron chi connectivity index (χ3n) is 6.34. The maximum atomic E-state index is 6.68. The van der Waals surface area contributed by atoms with E-state index in [0.717, 1.165) is 42.3 Å². The van der Waals surface area contributed by atoms with Gasteiger partial charge in [-0.1, -0.05) is 47.1 Å². The van der Waals surface area contributed by atoms with Gasteiger partial charge in [-0.3, -0.25) is 0 Å². The number of nitrogens with two attached hydrogens (primary N) is 2. The van der Waals surface area contributed by atoms with Gasteiger partial charge >= 0.3 is 0 Å². The molecule has 2 aliphatic rings. The molecule has 1 saturated heterocycles. The van der Waals surface area contributed by atoms with E-state index >= 15 is 0 Å². The first-order valence-electron chi connectivity index (χ1n) is 10.0. The molecular formula is C21H21Cl2N7S. The first-order chi connectivity index (χ1) is 15.0. The number of rotatable bonds is 3. The summed E-state index contributed by atoms with van der Waals surface area (Å²) in [6.07, 6.45) is 6.18. The van der Waals surface area contributed by atoms with Gasteiger partial charge in [-0.05, 0) is 47.9 Å². The van der Waals surface area contributed by atoms with Crippen LogP contribution in [-0.4, -0.2) is 33.3 Å². The van der Waals surface area contributed by atoms with Crippen LogP contribution in [0.3, 0.4) is 0 Å². The van der Waals surface area contributed by atoms with Gasteiger partial charge < -0.3 is 16.4 Å². The molecule has 2 aromatic heterocycles. The fraction of sp³-hybridized carbons (Fsp3) is 0.333. The SMILES string of the molecule is Nc1nccc(Sc2cnc(N3CCC4(CC3)Cc3c(Cl)cccc3[C@@H]4N)nn2)c1Cl. The Kier molecular flexibility index (Phi) is 5.42. The summed E-state index contributed by atoms with van der Waals surface area (Å²) >= 11 is 14.0. The van der Waals surface area contributed by atoms with Crippen molar-refractivity contribution in [2.45, 2.75) is 35.2 Å². The fourth-order valence-corrected chi connectivity index (χ4v) is 5.78. The summed E-state index contributed by atoms with van der Waals surface area (Å²) in [6.45, 7) is 1.67. The molecule has 1 fully saturated rings. The molecule has 10 heteroatoms. The van der Waals surface area contributed by atoms with Gasteiger partial charge in [-0.25, -0.2) is 9.97 Å². The van der Waals surface area contributed by atoms with Gasteiger partial charge in [0.1, 0.15) is 10.8 Å². The number of nitrogens with zero attached hydrogens (tertiary/aromatic N) is 5. The summed E-state index contributed by atoms with van der Waals surface area (Å²) in [4.78, 5) is 11.4. The number of hydrogen-bond acceptors (Lipinski definition) is 8. The van der Waals surface area contributed by atoms with E-state index in [0.29, 0.717) is 21.8 Å². The van der Waals surface area contributed by atoms with Crippen LogP contribution in [0.4, 0.5) is 11.8 Å². The standard InChI is InChI=1S/C21H21Cl2N7S/c22-14-3-1-2-12-13(14)10-21(18(12)24)5-8-30(9-6-21)20-27-11-16(28-29-20)31-15-4-7-26-19(25)17(15)23/h1-4,7,11,18H,5-6,8-10,24H2,(H2,25,26)/t18-/m0/s1. The van der Waals surface area contributed by atoms with Crippen LogP contribution in [0.2, 0.25) is 10.0 Å². The van der Waals surface area contributed by atoms with Gasteiger partial charge in [0, 0.05) is 35.2 Å². The molecule has 31 heavy (non-hydrogen) atoms. The number of aromatic nitrogens is 4. The van der Waals surface area contributed by atoms with Crippen LogP contribution in [0.5, 0.6) is 0 Å². The largest absolute Gasteiger partial charge is 0.382 e. The number of benzene rings is 1. The third-order valence-corrected chi connectivity index (χ3v) is 8.16. The van der Waals surface area contributed by atoms with E-state index in [1.54, 1.807) is 18.5 Å². The molecule has 0 radical (unpaired) electrons. The monoisotopic (exact) mass is 473 g/mol. The molecule has 3 heterocycles. The molecule has 7 nitrogen and oxygen atoms in total. The van der Waals surface area contributed by atoms with E-state index in [4.69, 9.17) is 34.7 Å². The number of nitrogen functional groups attached to an aromatic ring is 1. The number of piperidine rings is 1. The van der Waals surface area contributed by atoms with Gasteiger partial charge in [0.05, 0.1) is 11.2 Å². The second-order valence-corrected chi connectivity index (χ2v) is 9.87. The Hall–Kier alpha value is -2.13. The molecule has 4 N–H and O–H groups in total. The Morgan fingerprint density at radius 1 is 1.10 bits per heavy atom. The summed E-state index contributed by atoms with van der Waals surface area (Å²) in [5.74, 6) is 0.918. The lowest BCUT2D eigenvalue weighted by Crippen LogP contribution is -2.45. The number of pyridine rings is 1. The Morgan fingerprint density at radius 2 is 1.90 bits per heavy atom. The molecule has 0 bridgehead atoms. The Labute approximate surface area is 194 Å². The summed E-state index contributed by atoms with van der Waals surface area (Å²) in [5, 5.41) is 10.5. The van der Waals surface area contributed by atoms with Crippen molar-refractivity contribution in [3.05, 3.63) is 57.8 Å². The number of hydrogen-bond donors (Lipinski definition) is 2. The molecule has 5 rings (SSSR count). The number of fused-ring (bicyclic) bond motifs is 1. The smallest absolute Gasteiger partial charge is 0.245 e. The Balaban J connectivity index is 1.26. The van der Waals surface area contributed by atoms with Crippen molar-refractivity contribution in [2.24, 2.45) is 11.1 Å². The lowest BCUT2D eigenvalue weighted by atomic mass is 9.73. The van der Waals surface area contributed by atoms with E-state index in [1.165, 1.54) is 22.9 Å². The molecule has 0 amide bonds. The van der Waals surface area contributed by atoms with E-state index in [9.17, 15) is 0 Å². The van der Waals surface area contributed by atoms with Gasteiger partial charge in [0.25, 0.3) is 0 Å². The quantitative estimate of drug-likeness (QED) is 0.583. The summed E-state index contributed by atoms with van der Waals surface area (Å²) < 4.78 is 0. The van der Waals surface area contributed by atoms with Crippen LogP contribution in [-0.2, 0) is 6.42 Å². The second kappa shape index (κ2) is 8.09. The van der Waals surface area contributed by atoms with Crippen molar-refractivity contribution in [3.63, 3.8) is 0 Å². The maximum Gasteiger partial charge on any atom is 0.245 e. The minimum absolute atomic E-state index is 0.0127. The van der Waals surface area contributed by atoms with Crippen LogP contribution in [0.15, 0.2) is 46.6 Å². The van der Waals surface area contributed by atoms with Crippen LogP contribution in [0.1, 0.15) is 30.0 Å². The highest BCUT2D eigenvalue weighted by Crippen LogP contribution is 2.52. The topological polar surface area (TPSA) is 107 Å². The summed E-state index contributed by atoms with van der Waals surface area (Å²) in [5.41, 5.74) is 14.9. The molecule has 0 unspecified atom stereocenters. The highest BCUT2D eigenvalue weighted by atomic mass is 35.5. The Bertz CT molecular complexity index is 1120. The fourth-order valence-electron chi connectivity index (χ4n) is 4.57. The van der Waals surface area contributed by atoms with Gasteiger partial charge in [0.15, 0.2) is 0 Å². The van der Waals surface area contributed by atoms with Gasteiger partial charge in [-0.15, -0.1) is 10.2 Å². The lowest BCUT2D eigenvalue weighted by molar-refractivity contribution is 0.186. The molecule has 1 aliphatic carbocycles. The van der Waals surface area contributed by atoms with Crippen molar-refractivity contribution in [2.75, 3.05) is 23.7 Å². The van der Waals surface area contributed by atoms with Gasteiger partial charge in [0.2, 0.25) is 5.95 Å².